The largest absolute Gasteiger partial charge is 0.451 e. The summed E-state index contributed by atoms with van der Waals surface area (Å²) in [7, 11) is -0.786. The molecule has 1 amide bonds. The zero-order valence-electron chi connectivity index (χ0n) is 17.6. The summed E-state index contributed by atoms with van der Waals surface area (Å²) in [6, 6.07) is 17.1. The van der Waals surface area contributed by atoms with Gasteiger partial charge in [-0.15, -0.1) is 22.7 Å². The molecule has 11 heteroatoms. The van der Waals surface area contributed by atoms with Crippen LogP contribution in [0.5, 0.6) is 0 Å². The van der Waals surface area contributed by atoms with Gasteiger partial charge in [0.05, 0.1) is 20.0 Å². The van der Waals surface area contributed by atoms with Crippen LogP contribution in [0.15, 0.2) is 65.6 Å². The van der Waals surface area contributed by atoms with E-state index in [0.717, 1.165) is 24.4 Å². The molecule has 0 fully saturated rings. The quantitative estimate of drug-likeness (QED) is 0.383. The molecule has 0 saturated carbocycles. The maximum atomic E-state index is 12.4. The number of rotatable bonds is 7. The van der Waals surface area contributed by atoms with Crippen LogP contribution in [0.3, 0.4) is 0 Å². The van der Waals surface area contributed by atoms with Gasteiger partial charge in [-0.05, 0) is 42.5 Å². The molecule has 1 N–H and O–H groups in total. The number of nitrogens with zero attached hydrogens (tertiary/aromatic N) is 2. The van der Waals surface area contributed by atoms with E-state index in [1.807, 2.05) is 24.3 Å². The van der Waals surface area contributed by atoms with Crippen LogP contribution in [0.1, 0.15) is 9.67 Å². The van der Waals surface area contributed by atoms with Crippen molar-refractivity contribution in [3.63, 3.8) is 0 Å². The minimum Gasteiger partial charge on any atom is -0.451 e. The molecule has 0 aliphatic heterocycles. The number of hydrogen-bond acceptors (Lipinski definition) is 8. The molecule has 0 radical (unpaired) electrons. The molecular formula is C22H19N3O5S3. The van der Waals surface area contributed by atoms with Gasteiger partial charge < -0.3 is 10.1 Å². The zero-order chi connectivity index (χ0) is 23.6. The first-order valence-corrected chi connectivity index (χ1v) is 12.8. The number of thiazole rings is 1. The van der Waals surface area contributed by atoms with Crippen molar-refractivity contribution < 1.29 is 22.7 Å². The number of sulfonamides is 1. The van der Waals surface area contributed by atoms with Gasteiger partial charge in [-0.2, -0.15) is 0 Å². The molecule has 4 rings (SSSR count). The van der Waals surface area contributed by atoms with Crippen molar-refractivity contribution in [3.8, 4) is 9.88 Å². The van der Waals surface area contributed by atoms with E-state index in [4.69, 9.17) is 4.74 Å². The molecule has 2 aromatic carbocycles. The number of amides is 1. The summed E-state index contributed by atoms with van der Waals surface area (Å²) in [5, 5.41) is 3.35. The number of carbonyl (C=O) groups excluding carboxylic acids is 2. The topological polar surface area (TPSA) is 106 Å². The highest BCUT2D eigenvalue weighted by Gasteiger charge is 2.19. The maximum Gasteiger partial charge on any atom is 0.348 e. The van der Waals surface area contributed by atoms with Crippen molar-refractivity contribution in [2.24, 2.45) is 0 Å². The van der Waals surface area contributed by atoms with Crippen molar-refractivity contribution in [3.05, 3.63) is 65.5 Å². The minimum absolute atomic E-state index is 0.0447. The first-order valence-electron chi connectivity index (χ1n) is 9.69. The van der Waals surface area contributed by atoms with Crippen molar-refractivity contribution in [1.82, 2.24) is 9.29 Å². The van der Waals surface area contributed by atoms with Gasteiger partial charge in [0.1, 0.15) is 9.88 Å². The minimum atomic E-state index is -3.63. The Labute approximate surface area is 198 Å². The molecule has 33 heavy (non-hydrogen) atoms. The highest BCUT2D eigenvalue weighted by Crippen LogP contribution is 2.34. The van der Waals surface area contributed by atoms with Crippen molar-refractivity contribution in [2.75, 3.05) is 26.0 Å². The molecular weight excluding hydrogens is 482 g/mol. The number of anilines is 1. The van der Waals surface area contributed by atoms with Gasteiger partial charge in [-0.1, -0.05) is 18.2 Å². The van der Waals surface area contributed by atoms with E-state index in [-0.39, 0.29) is 10.6 Å². The fourth-order valence-corrected chi connectivity index (χ4v) is 5.75. The van der Waals surface area contributed by atoms with Gasteiger partial charge in [0.25, 0.3) is 5.91 Å². The Balaban J connectivity index is 1.37. The number of ether oxygens (including phenoxy) is 1. The van der Waals surface area contributed by atoms with Crippen molar-refractivity contribution in [1.29, 1.82) is 0 Å². The Bertz CT molecular complexity index is 1410. The smallest absolute Gasteiger partial charge is 0.348 e. The third kappa shape index (κ3) is 5.11. The Kier molecular flexibility index (Phi) is 6.56. The SMILES string of the molecule is CN(C)S(=O)(=O)c1cccc(NC(=O)COC(=O)c2ccc(-c3nc4ccccc4s3)s2)c1. The molecule has 0 aliphatic rings. The lowest BCUT2D eigenvalue weighted by atomic mass is 10.3. The van der Waals surface area contributed by atoms with Crippen molar-refractivity contribution in [2.45, 2.75) is 4.90 Å². The number of carbonyl (C=O) groups is 2. The molecule has 170 valence electrons. The number of fused-ring (bicyclic) bond motifs is 1. The number of esters is 1. The van der Waals surface area contributed by atoms with E-state index < -0.39 is 28.5 Å². The summed E-state index contributed by atoms with van der Waals surface area (Å²) in [6.45, 7) is -0.502. The highest BCUT2D eigenvalue weighted by molar-refractivity contribution is 7.89. The third-order valence-electron chi connectivity index (χ3n) is 4.54. The molecule has 0 unspecified atom stereocenters. The summed E-state index contributed by atoms with van der Waals surface area (Å²) >= 11 is 2.78. The zero-order valence-corrected chi connectivity index (χ0v) is 20.1. The van der Waals surface area contributed by atoms with Crippen LogP contribution in [-0.2, 0) is 19.6 Å². The number of aromatic nitrogens is 1. The average Bonchev–Trinajstić information content (AvgIpc) is 3.44. The molecule has 4 aromatic rings. The molecule has 8 nitrogen and oxygen atoms in total. The molecule has 0 aliphatic carbocycles. The fourth-order valence-electron chi connectivity index (χ4n) is 2.88. The summed E-state index contributed by atoms with van der Waals surface area (Å²) in [5.41, 5.74) is 1.18. The molecule has 0 spiro atoms. The van der Waals surface area contributed by atoms with Crippen LogP contribution >= 0.6 is 22.7 Å². The fraction of sp³-hybridized carbons (Fsp3) is 0.136. The second-order valence-corrected chi connectivity index (χ2v) is 11.4. The van der Waals surface area contributed by atoms with E-state index in [1.165, 1.54) is 55.0 Å². The molecule has 2 aromatic heterocycles. The van der Waals surface area contributed by atoms with E-state index >= 15 is 0 Å². The Morgan fingerprint density at radius 1 is 1.03 bits per heavy atom. The summed E-state index contributed by atoms with van der Waals surface area (Å²) < 4.78 is 31.7. The number of thiophene rings is 1. The number of para-hydroxylation sites is 1. The molecule has 0 bridgehead atoms. The Morgan fingerprint density at radius 2 is 1.82 bits per heavy atom. The van der Waals surface area contributed by atoms with Gasteiger partial charge >= 0.3 is 5.97 Å². The predicted octanol–water partition coefficient (Wildman–Crippen LogP) is 4.07. The van der Waals surface area contributed by atoms with E-state index in [0.29, 0.717) is 4.88 Å². The molecule has 2 heterocycles. The maximum absolute atomic E-state index is 12.4. The van der Waals surface area contributed by atoms with Crippen LogP contribution in [0, 0.1) is 0 Å². The summed E-state index contributed by atoms with van der Waals surface area (Å²) in [6.07, 6.45) is 0. The average molecular weight is 502 g/mol. The summed E-state index contributed by atoms with van der Waals surface area (Å²) in [4.78, 5) is 30.4. The monoisotopic (exact) mass is 501 g/mol. The van der Waals surface area contributed by atoms with Crippen LogP contribution < -0.4 is 5.32 Å². The number of nitrogens with one attached hydrogen (secondary N) is 1. The first kappa shape index (κ1) is 23.1. The second kappa shape index (κ2) is 9.40. The summed E-state index contributed by atoms with van der Waals surface area (Å²) in [5.74, 6) is -1.20. The van der Waals surface area contributed by atoms with E-state index in [2.05, 4.69) is 10.3 Å². The lowest BCUT2D eigenvalue weighted by Gasteiger charge is -2.12. The Hall–Kier alpha value is -3.12. The molecule has 0 atom stereocenters. The Morgan fingerprint density at radius 3 is 2.58 bits per heavy atom. The normalized spacial score (nSPS) is 11.6. The number of benzene rings is 2. The van der Waals surface area contributed by atoms with Gasteiger partial charge in [0.2, 0.25) is 10.0 Å². The second-order valence-electron chi connectivity index (χ2n) is 7.09. The van der Waals surface area contributed by atoms with Crippen LogP contribution in [0.4, 0.5) is 5.69 Å². The van der Waals surface area contributed by atoms with Crippen molar-refractivity contribution >= 4 is 60.5 Å². The van der Waals surface area contributed by atoms with Crippen LogP contribution in [-0.4, -0.2) is 50.3 Å². The number of hydrogen-bond donors (Lipinski definition) is 1. The van der Waals surface area contributed by atoms with Crippen LogP contribution in [0.25, 0.3) is 20.1 Å². The van der Waals surface area contributed by atoms with Crippen LogP contribution in [0.2, 0.25) is 0 Å². The molecule has 0 saturated heterocycles. The lowest BCUT2D eigenvalue weighted by molar-refractivity contribution is -0.119. The van der Waals surface area contributed by atoms with E-state index in [9.17, 15) is 18.0 Å². The first-order chi connectivity index (χ1) is 15.7. The standard InChI is InChI=1S/C22H19N3O5S3/c1-25(2)33(28,29)15-7-5-6-14(12-15)23-20(26)13-30-22(27)19-11-10-18(31-19)21-24-16-8-3-4-9-17(16)32-21/h3-12H,13H2,1-2H3,(H,23,26). The third-order valence-corrected chi connectivity index (χ3v) is 8.62. The predicted molar refractivity (Wildman–Crippen MR) is 129 cm³/mol. The highest BCUT2D eigenvalue weighted by atomic mass is 32.2. The van der Waals surface area contributed by atoms with Gasteiger partial charge in [0, 0.05) is 19.8 Å². The van der Waals surface area contributed by atoms with Gasteiger partial charge in [0.15, 0.2) is 6.61 Å². The van der Waals surface area contributed by atoms with E-state index in [1.54, 1.807) is 18.2 Å². The van der Waals surface area contributed by atoms with Gasteiger partial charge in [-0.3, -0.25) is 4.79 Å². The lowest BCUT2D eigenvalue weighted by Crippen LogP contribution is -2.23. The van der Waals surface area contributed by atoms with Gasteiger partial charge in [-0.25, -0.2) is 22.5 Å².